The zero-order chi connectivity index (χ0) is 30.1. The second-order valence-corrected chi connectivity index (χ2v) is 12.3. The van der Waals surface area contributed by atoms with Gasteiger partial charge in [-0.05, 0) is 92.1 Å². The minimum absolute atomic E-state index is 0.0747. The lowest BCUT2D eigenvalue weighted by atomic mass is 9.85. The zero-order valence-corrected chi connectivity index (χ0v) is 24.2. The Balaban J connectivity index is 1.27. The number of hydrogen-bond acceptors (Lipinski definition) is 6. The molecule has 4 rings (SSSR count). The maximum atomic E-state index is 13.2. The van der Waals surface area contributed by atoms with Gasteiger partial charge in [-0.3, -0.25) is 9.59 Å². The first-order valence-electron chi connectivity index (χ1n) is 14.0. The molecule has 1 unspecified atom stereocenters. The molecule has 9 nitrogen and oxygen atoms in total. The standard InChI is InChI=1S/C31H35FN4O5S/c1-21(23-5-11-27(32)12-6-23)34-31(38)25-7-13-28(14-8-25)36-42(40,41)29-15-9-24(10-16-29)26-4-2-3-22(19-26)17-18-33-20-30(37)35-39/h2-6,9-12,15-16,19,21,25,28,33,36H,7-8,13-14,17-18,20H2,1H3,(H,34,38). The Bertz CT molecular complexity index is 1490. The summed E-state index contributed by atoms with van der Waals surface area (Å²) in [6.45, 7) is 2.27. The first-order chi connectivity index (χ1) is 20.1. The van der Waals surface area contributed by atoms with Crippen molar-refractivity contribution in [1.82, 2.24) is 15.4 Å². The number of amides is 2. The molecule has 222 valence electrons. The van der Waals surface area contributed by atoms with Gasteiger partial charge in [0.2, 0.25) is 15.9 Å². The van der Waals surface area contributed by atoms with Crippen LogP contribution in [0.15, 0.2) is 82.9 Å². The first-order valence-corrected chi connectivity index (χ1v) is 15.5. The van der Waals surface area contributed by atoms with Gasteiger partial charge in [0, 0.05) is 17.1 Å². The molecule has 0 saturated heterocycles. The largest absolute Gasteiger partial charge is 0.349 e. The number of hydrogen-bond donors (Lipinski definition) is 3. The molecule has 1 aliphatic carbocycles. The third-order valence-electron chi connectivity index (χ3n) is 7.54. The van der Waals surface area contributed by atoms with Crippen LogP contribution in [0.2, 0.25) is 0 Å². The van der Waals surface area contributed by atoms with E-state index in [-0.39, 0.29) is 41.2 Å². The summed E-state index contributed by atoms with van der Waals surface area (Å²) in [4.78, 5) is 34.1. The van der Waals surface area contributed by atoms with Crippen LogP contribution in [0.25, 0.3) is 11.1 Å². The number of benzene rings is 3. The molecule has 42 heavy (non-hydrogen) atoms. The van der Waals surface area contributed by atoms with Crippen molar-refractivity contribution < 1.29 is 22.4 Å². The van der Waals surface area contributed by atoms with Crippen molar-refractivity contribution in [1.29, 1.82) is 0 Å². The summed E-state index contributed by atoms with van der Waals surface area (Å²) in [5.74, 6) is -1.34. The third kappa shape index (κ3) is 8.60. The minimum atomic E-state index is -3.73. The van der Waals surface area contributed by atoms with E-state index in [2.05, 4.69) is 20.5 Å². The van der Waals surface area contributed by atoms with E-state index >= 15 is 0 Å². The fourth-order valence-electron chi connectivity index (χ4n) is 5.12. The van der Waals surface area contributed by atoms with E-state index < -0.39 is 15.9 Å². The number of nitrogens with zero attached hydrogens (tertiary/aromatic N) is 1. The molecule has 3 aromatic rings. The van der Waals surface area contributed by atoms with E-state index in [1.54, 1.807) is 36.4 Å². The highest BCUT2D eigenvalue weighted by atomic mass is 32.2. The van der Waals surface area contributed by atoms with Gasteiger partial charge in [-0.15, -0.1) is 4.91 Å². The Morgan fingerprint density at radius 1 is 0.952 bits per heavy atom. The third-order valence-corrected chi connectivity index (χ3v) is 9.08. The summed E-state index contributed by atoms with van der Waals surface area (Å²) >= 11 is 0. The second kappa shape index (κ2) is 14.4. The van der Waals surface area contributed by atoms with Crippen molar-refractivity contribution in [2.24, 2.45) is 11.1 Å². The molecule has 1 saturated carbocycles. The van der Waals surface area contributed by atoms with Gasteiger partial charge >= 0.3 is 0 Å². The lowest BCUT2D eigenvalue weighted by molar-refractivity contribution is -0.126. The van der Waals surface area contributed by atoms with Crippen molar-refractivity contribution in [2.75, 3.05) is 13.1 Å². The molecular weight excluding hydrogens is 559 g/mol. The molecule has 3 N–H and O–H groups in total. The molecule has 1 fully saturated rings. The van der Waals surface area contributed by atoms with E-state index in [0.29, 0.717) is 38.6 Å². The molecule has 1 atom stereocenters. The lowest BCUT2D eigenvalue weighted by Crippen LogP contribution is -2.41. The van der Waals surface area contributed by atoms with Gasteiger partial charge < -0.3 is 10.6 Å². The van der Waals surface area contributed by atoms with E-state index in [1.165, 1.54) is 12.1 Å². The quantitative estimate of drug-likeness (QED) is 0.207. The normalized spacial score (nSPS) is 17.8. The molecule has 2 amide bonds. The molecule has 0 spiro atoms. The van der Waals surface area contributed by atoms with Gasteiger partial charge in [0.1, 0.15) is 5.82 Å². The van der Waals surface area contributed by atoms with Gasteiger partial charge in [-0.2, -0.15) is 0 Å². The van der Waals surface area contributed by atoms with Crippen molar-refractivity contribution >= 4 is 21.8 Å². The number of carbonyl (C=O) groups excluding carboxylic acids is 2. The number of nitrogens with one attached hydrogen (secondary N) is 3. The van der Waals surface area contributed by atoms with Crippen LogP contribution in [-0.4, -0.2) is 39.4 Å². The smallest absolute Gasteiger partial charge is 0.299 e. The van der Waals surface area contributed by atoms with E-state index in [4.69, 9.17) is 0 Å². The highest BCUT2D eigenvalue weighted by Gasteiger charge is 2.29. The van der Waals surface area contributed by atoms with Crippen LogP contribution in [0.5, 0.6) is 0 Å². The van der Waals surface area contributed by atoms with E-state index in [0.717, 1.165) is 22.3 Å². The molecular formula is C31H35FN4O5S. The summed E-state index contributed by atoms with van der Waals surface area (Å²) in [7, 11) is -3.73. The fraction of sp³-hybridized carbons (Fsp3) is 0.355. The minimum Gasteiger partial charge on any atom is -0.349 e. The Labute approximate surface area is 245 Å². The number of nitroso groups, excluding NO2 is 1. The fourth-order valence-corrected chi connectivity index (χ4v) is 6.43. The molecule has 0 aliphatic heterocycles. The molecule has 3 aromatic carbocycles. The van der Waals surface area contributed by atoms with Crippen molar-refractivity contribution in [2.45, 2.75) is 56.0 Å². The highest BCUT2D eigenvalue weighted by Crippen LogP contribution is 2.28. The average molecular weight is 595 g/mol. The van der Waals surface area contributed by atoms with Crippen molar-refractivity contribution in [3.63, 3.8) is 0 Å². The monoisotopic (exact) mass is 594 g/mol. The summed E-state index contributed by atoms with van der Waals surface area (Å²) in [5.41, 5.74) is 3.64. The van der Waals surface area contributed by atoms with Crippen LogP contribution in [0.4, 0.5) is 4.39 Å². The Morgan fingerprint density at radius 2 is 1.64 bits per heavy atom. The number of carbonyl (C=O) groups is 2. The number of halogens is 1. The Hall–Kier alpha value is -3.80. The number of rotatable bonds is 12. The summed E-state index contributed by atoms with van der Waals surface area (Å²) in [5, 5.41) is 8.21. The van der Waals surface area contributed by atoms with E-state index in [1.807, 2.05) is 31.2 Å². The van der Waals surface area contributed by atoms with Gasteiger partial charge in [0.15, 0.2) is 0 Å². The summed E-state index contributed by atoms with van der Waals surface area (Å²) < 4.78 is 42.2. The maximum Gasteiger partial charge on any atom is 0.299 e. The van der Waals surface area contributed by atoms with Crippen LogP contribution in [0.1, 0.15) is 49.8 Å². The van der Waals surface area contributed by atoms with Gasteiger partial charge in [-0.1, -0.05) is 48.5 Å². The van der Waals surface area contributed by atoms with Crippen LogP contribution >= 0.6 is 0 Å². The summed E-state index contributed by atoms with van der Waals surface area (Å²) in [6, 6.07) is 20.0. The van der Waals surface area contributed by atoms with Crippen LogP contribution in [0, 0.1) is 16.6 Å². The summed E-state index contributed by atoms with van der Waals surface area (Å²) in [6.07, 6.45) is 2.91. The van der Waals surface area contributed by atoms with Crippen LogP contribution < -0.4 is 15.4 Å². The van der Waals surface area contributed by atoms with E-state index in [9.17, 15) is 27.3 Å². The van der Waals surface area contributed by atoms with Gasteiger partial charge in [0.25, 0.3) is 5.91 Å². The predicted molar refractivity (Wildman–Crippen MR) is 158 cm³/mol. The van der Waals surface area contributed by atoms with Crippen LogP contribution in [0.3, 0.4) is 0 Å². The average Bonchev–Trinajstić information content (AvgIpc) is 3.00. The first kappa shape index (κ1) is 31.1. The topological polar surface area (TPSA) is 134 Å². The van der Waals surface area contributed by atoms with Gasteiger partial charge in [0.05, 0.1) is 17.5 Å². The molecule has 0 radical (unpaired) electrons. The van der Waals surface area contributed by atoms with Crippen molar-refractivity contribution in [3.8, 4) is 11.1 Å². The van der Waals surface area contributed by atoms with Gasteiger partial charge in [-0.25, -0.2) is 17.5 Å². The molecule has 1 aliphatic rings. The second-order valence-electron chi connectivity index (χ2n) is 10.6. The highest BCUT2D eigenvalue weighted by molar-refractivity contribution is 7.89. The van der Waals surface area contributed by atoms with Crippen LogP contribution in [-0.2, 0) is 26.0 Å². The molecule has 11 heteroatoms. The molecule has 0 aromatic heterocycles. The predicted octanol–water partition coefficient (Wildman–Crippen LogP) is 4.63. The molecule has 0 bridgehead atoms. The maximum absolute atomic E-state index is 13.2. The Morgan fingerprint density at radius 3 is 2.31 bits per heavy atom. The SMILES string of the molecule is CC(NC(=O)C1CCC(NS(=O)(=O)c2ccc(-c3cccc(CCNCC(=O)N=O)c3)cc2)CC1)c1ccc(F)cc1. The van der Waals surface area contributed by atoms with Crippen molar-refractivity contribution in [3.05, 3.63) is 94.6 Å². The molecule has 0 heterocycles. The Kier molecular flexibility index (Phi) is 10.7. The zero-order valence-electron chi connectivity index (χ0n) is 23.4. The lowest BCUT2D eigenvalue weighted by Gasteiger charge is -2.29. The number of sulfonamides is 1.